The fraction of sp³-hybridized carbons (Fsp3) is 0.500. The number of alkyl halides is 1. The van der Waals surface area contributed by atoms with Gasteiger partial charge in [-0.15, -0.1) is 18.2 Å². The summed E-state index contributed by atoms with van der Waals surface area (Å²) in [5.74, 6) is 1.01. The van der Waals surface area contributed by atoms with Gasteiger partial charge in [0, 0.05) is 5.88 Å². The minimum Gasteiger partial charge on any atom is -0.127 e. The Labute approximate surface area is 50.2 Å². The van der Waals surface area contributed by atoms with E-state index in [-0.39, 0.29) is 0 Å². The molecule has 0 saturated heterocycles. The first-order valence-electron chi connectivity index (χ1n) is 2.33. The average Bonchev–Trinajstić information content (AvgIpc) is 1.68. The lowest BCUT2D eigenvalue weighted by Gasteiger charge is -1.97. The van der Waals surface area contributed by atoms with Crippen molar-refractivity contribution in [3.63, 3.8) is 0 Å². The summed E-state index contributed by atoms with van der Waals surface area (Å²) in [5, 5.41) is 0. The second-order valence-electron chi connectivity index (χ2n) is 1.47. The molecular weight excluding hydrogens is 108 g/mol. The highest BCUT2D eigenvalue weighted by atomic mass is 35.5. The van der Waals surface area contributed by atoms with Crippen LogP contribution in [0.25, 0.3) is 0 Å². The van der Waals surface area contributed by atoms with E-state index >= 15 is 0 Å². The third-order valence-electron chi connectivity index (χ3n) is 0.813. The van der Waals surface area contributed by atoms with Crippen molar-refractivity contribution in [3.05, 3.63) is 19.6 Å². The molecular formula is C6H10Cl. The minimum absolute atomic E-state index is 0.331. The van der Waals surface area contributed by atoms with Crippen molar-refractivity contribution in [2.45, 2.75) is 6.42 Å². The van der Waals surface area contributed by atoms with Gasteiger partial charge in [0.15, 0.2) is 0 Å². The van der Waals surface area contributed by atoms with Crippen LogP contribution in [0.1, 0.15) is 6.42 Å². The number of rotatable bonds is 3. The van der Waals surface area contributed by atoms with Crippen molar-refractivity contribution in [2.24, 2.45) is 5.92 Å². The van der Waals surface area contributed by atoms with Crippen LogP contribution in [0.15, 0.2) is 12.7 Å². The van der Waals surface area contributed by atoms with Gasteiger partial charge in [-0.05, 0) is 19.3 Å². The van der Waals surface area contributed by atoms with E-state index in [4.69, 9.17) is 11.6 Å². The molecule has 1 radical (unpaired) electrons. The van der Waals surface area contributed by atoms with E-state index in [0.29, 0.717) is 11.8 Å². The lowest BCUT2D eigenvalue weighted by Crippen LogP contribution is -1.88. The highest BCUT2D eigenvalue weighted by molar-refractivity contribution is 6.17. The van der Waals surface area contributed by atoms with Crippen molar-refractivity contribution >= 4 is 11.6 Å². The van der Waals surface area contributed by atoms with Crippen LogP contribution in [0, 0.1) is 12.8 Å². The van der Waals surface area contributed by atoms with Gasteiger partial charge < -0.3 is 0 Å². The van der Waals surface area contributed by atoms with Crippen LogP contribution in [0.2, 0.25) is 0 Å². The summed E-state index contributed by atoms with van der Waals surface area (Å²) in [6, 6.07) is 0. The Balaban J connectivity index is 2.98. The molecule has 7 heavy (non-hydrogen) atoms. The molecule has 0 rings (SSSR count). The van der Waals surface area contributed by atoms with Crippen molar-refractivity contribution < 1.29 is 0 Å². The molecule has 0 bridgehead atoms. The Morgan fingerprint density at radius 2 is 2.29 bits per heavy atom. The van der Waals surface area contributed by atoms with Crippen LogP contribution in [0.3, 0.4) is 0 Å². The molecule has 0 nitrogen and oxygen atoms in total. The Morgan fingerprint density at radius 1 is 1.71 bits per heavy atom. The van der Waals surface area contributed by atoms with Crippen molar-refractivity contribution in [1.82, 2.24) is 0 Å². The van der Waals surface area contributed by atoms with E-state index in [2.05, 4.69) is 13.5 Å². The summed E-state index contributed by atoms with van der Waals surface area (Å²) >= 11 is 5.39. The van der Waals surface area contributed by atoms with Gasteiger partial charge in [-0.25, -0.2) is 0 Å². The molecule has 0 aromatic rings. The third kappa shape index (κ3) is 3.87. The second kappa shape index (κ2) is 4.20. The molecule has 0 spiro atoms. The molecule has 1 heteroatoms. The summed E-state index contributed by atoms with van der Waals surface area (Å²) in [4.78, 5) is 0. The SMILES string of the molecule is [CH2]C(C=C)CCCl. The molecule has 1 unspecified atom stereocenters. The summed E-state index contributed by atoms with van der Waals surface area (Å²) in [6.07, 6.45) is 2.74. The first-order valence-corrected chi connectivity index (χ1v) is 2.86. The second-order valence-corrected chi connectivity index (χ2v) is 1.85. The van der Waals surface area contributed by atoms with Crippen LogP contribution in [0.5, 0.6) is 0 Å². The molecule has 1 atom stereocenters. The summed E-state index contributed by atoms with van der Waals surface area (Å²) < 4.78 is 0. The van der Waals surface area contributed by atoms with Crippen LogP contribution in [0.4, 0.5) is 0 Å². The van der Waals surface area contributed by atoms with E-state index < -0.39 is 0 Å². The van der Waals surface area contributed by atoms with E-state index in [1.54, 1.807) is 0 Å². The van der Waals surface area contributed by atoms with Crippen molar-refractivity contribution in [2.75, 3.05) is 5.88 Å². The van der Waals surface area contributed by atoms with Gasteiger partial charge in [0.2, 0.25) is 0 Å². The molecule has 0 N–H and O–H groups in total. The maximum atomic E-state index is 5.39. The molecule has 0 saturated carbocycles. The van der Waals surface area contributed by atoms with Crippen LogP contribution < -0.4 is 0 Å². The largest absolute Gasteiger partial charge is 0.127 e. The zero-order valence-electron chi connectivity index (χ0n) is 4.36. The minimum atomic E-state index is 0.331. The molecule has 0 aliphatic carbocycles. The van der Waals surface area contributed by atoms with Crippen molar-refractivity contribution in [1.29, 1.82) is 0 Å². The molecule has 0 heterocycles. The third-order valence-corrected chi connectivity index (χ3v) is 1.03. The Kier molecular flexibility index (Phi) is 4.21. The zero-order valence-corrected chi connectivity index (χ0v) is 5.12. The summed E-state index contributed by atoms with van der Waals surface area (Å²) in [7, 11) is 0. The first-order chi connectivity index (χ1) is 3.31. The van der Waals surface area contributed by atoms with Gasteiger partial charge >= 0.3 is 0 Å². The molecule has 0 aliphatic heterocycles. The van der Waals surface area contributed by atoms with Gasteiger partial charge in [-0.3, -0.25) is 0 Å². The lowest BCUT2D eigenvalue weighted by atomic mass is 10.1. The lowest BCUT2D eigenvalue weighted by molar-refractivity contribution is 0.778. The highest BCUT2D eigenvalue weighted by Crippen LogP contribution is 2.01. The molecule has 0 amide bonds. The normalized spacial score (nSPS) is 13.4. The average molecular weight is 118 g/mol. The fourth-order valence-electron chi connectivity index (χ4n) is 0.258. The van der Waals surface area contributed by atoms with E-state index in [1.807, 2.05) is 6.08 Å². The number of halogens is 1. The van der Waals surface area contributed by atoms with Crippen LogP contribution in [-0.4, -0.2) is 5.88 Å². The Bertz CT molecular complexity index is 50.1. The molecule has 41 valence electrons. The van der Waals surface area contributed by atoms with E-state index in [0.717, 1.165) is 6.42 Å². The Morgan fingerprint density at radius 3 is 2.43 bits per heavy atom. The van der Waals surface area contributed by atoms with Gasteiger partial charge in [0.05, 0.1) is 0 Å². The first kappa shape index (κ1) is 7.03. The van der Waals surface area contributed by atoms with E-state index in [9.17, 15) is 0 Å². The molecule has 0 aromatic heterocycles. The maximum Gasteiger partial charge on any atom is 0.0229 e. The summed E-state index contributed by atoms with van der Waals surface area (Å²) in [6.45, 7) is 7.30. The quantitative estimate of drug-likeness (QED) is 0.393. The van der Waals surface area contributed by atoms with Crippen molar-refractivity contribution in [3.8, 4) is 0 Å². The topological polar surface area (TPSA) is 0 Å². The van der Waals surface area contributed by atoms with Gasteiger partial charge in [-0.2, -0.15) is 0 Å². The molecule has 0 aromatic carbocycles. The maximum absolute atomic E-state index is 5.39. The molecule has 0 fully saturated rings. The Hall–Kier alpha value is 0.0300. The van der Waals surface area contributed by atoms with Gasteiger partial charge in [-0.1, -0.05) is 6.08 Å². The number of allylic oxidation sites excluding steroid dienone is 1. The molecule has 0 aliphatic rings. The van der Waals surface area contributed by atoms with Gasteiger partial charge in [0.25, 0.3) is 0 Å². The predicted molar refractivity (Wildman–Crippen MR) is 34.4 cm³/mol. The summed E-state index contributed by atoms with van der Waals surface area (Å²) in [5.41, 5.74) is 0. The monoisotopic (exact) mass is 117 g/mol. The number of hydrogen-bond acceptors (Lipinski definition) is 0. The predicted octanol–water partition coefficient (Wildman–Crippen LogP) is 2.25. The zero-order chi connectivity index (χ0) is 5.70. The van der Waals surface area contributed by atoms with Crippen LogP contribution in [-0.2, 0) is 0 Å². The van der Waals surface area contributed by atoms with Gasteiger partial charge in [0.1, 0.15) is 0 Å². The van der Waals surface area contributed by atoms with E-state index in [1.165, 1.54) is 0 Å². The van der Waals surface area contributed by atoms with Crippen LogP contribution >= 0.6 is 11.6 Å². The number of hydrogen-bond donors (Lipinski definition) is 0. The standard InChI is InChI=1S/C6H10Cl/c1-3-6(2)4-5-7/h3,6H,1-2,4-5H2. The highest BCUT2D eigenvalue weighted by Gasteiger charge is 1.90. The fourth-order valence-corrected chi connectivity index (χ4v) is 0.538. The smallest absolute Gasteiger partial charge is 0.0229 e.